The summed E-state index contributed by atoms with van der Waals surface area (Å²) in [5.74, 6) is 1.29. The van der Waals surface area contributed by atoms with Crippen LogP contribution in [0.5, 0.6) is 0 Å². The molecule has 0 aliphatic carbocycles. The van der Waals surface area contributed by atoms with E-state index in [2.05, 4.69) is 37.3 Å². The largest absolute Gasteiger partial charge is 0.388 e. The Balaban J connectivity index is 2.11. The second-order valence-corrected chi connectivity index (χ2v) is 3.99. The lowest BCUT2D eigenvalue weighted by molar-refractivity contribution is 0.482. The lowest BCUT2D eigenvalue weighted by Crippen LogP contribution is -2.31. The first kappa shape index (κ1) is 7.84. The van der Waals surface area contributed by atoms with Crippen molar-refractivity contribution in [1.82, 2.24) is 5.32 Å². The molecule has 1 N–H and O–H groups in total. The number of hydrogen-bond acceptors (Lipinski definition) is 2. The maximum atomic E-state index is 4.38. The Morgan fingerprint density at radius 3 is 2.42 bits per heavy atom. The molecule has 0 fully saturated rings. The summed E-state index contributed by atoms with van der Waals surface area (Å²) < 4.78 is 0. The van der Waals surface area contributed by atoms with Gasteiger partial charge in [0.2, 0.25) is 0 Å². The summed E-state index contributed by atoms with van der Waals surface area (Å²) in [6, 6.07) is 1.06. The van der Waals surface area contributed by atoms with E-state index in [9.17, 15) is 0 Å². The molecule has 1 unspecified atom stereocenters. The molecular weight excluding hydrogens is 148 g/mol. The molecule has 0 aromatic heterocycles. The number of nitrogens with one attached hydrogen (secondary N) is 1. The first-order chi connectivity index (χ1) is 5.70. The van der Waals surface area contributed by atoms with Gasteiger partial charge in [-0.3, -0.25) is 4.99 Å². The predicted molar refractivity (Wildman–Crippen MR) is 51.3 cm³/mol. The van der Waals surface area contributed by atoms with Gasteiger partial charge >= 0.3 is 0 Å². The van der Waals surface area contributed by atoms with Crippen LogP contribution in [0.4, 0.5) is 0 Å². The normalized spacial score (nSPS) is 45.1. The molecule has 12 heavy (non-hydrogen) atoms. The Hall–Kier alpha value is -0.790. The molecule has 0 radical (unpaired) electrons. The minimum Gasteiger partial charge on any atom is -0.388 e. The topological polar surface area (TPSA) is 24.4 Å². The van der Waals surface area contributed by atoms with Gasteiger partial charge in [0.05, 0.1) is 6.04 Å². The molecule has 2 nitrogen and oxygen atoms in total. The molecule has 2 heteroatoms. The molecular formula is C10H16N2. The van der Waals surface area contributed by atoms with Gasteiger partial charge in [-0.15, -0.1) is 0 Å². The van der Waals surface area contributed by atoms with Crippen LogP contribution in [0.25, 0.3) is 0 Å². The molecule has 2 rings (SSSR count). The molecule has 0 bridgehead atoms. The Morgan fingerprint density at radius 2 is 2.08 bits per heavy atom. The first-order valence-corrected chi connectivity index (χ1v) is 4.69. The van der Waals surface area contributed by atoms with E-state index in [-0.39, 0.29) is 0 Å². The van der Waals surface area contributed by atoms with Crippen molar-refractivity contribution in [1.29, 1.82) is 0 Å². The van der Waals surface area contributed by atoms with Crippen LogP contribution in [-0.4, -0.2) is 18.3 Å². The van der Waals surface area contributed by atoms with Crippen LogP contribution >= 0.6 is 0 Å². The van der Waals surface area contributed by atoms with E-state index in [1.165, 1.54) is 5.57 Å². The second kappa shape index (κ2) is 2.61. The Morgan fingerprint density at radius 1 is 1.33 bits per heavy atom. The molecule has 0 spiro atoms. The van der Waals surface area contributed by atoms with Crippen LogP contribution in [0, 0.1) is 11.8 Å². The summed E-state index contributed by atoms with van der Waals surface area (Å²) >= 11 is 0. The number of rotatable bonds is 1. The third kappa shape index (κ3) is 0.977. The third-order valence-corrected chi connectivity index (χ3v) is 3.11. The number of nitrogens with zero attached hydrogens (tertiary/aromatic N) is 1. The predicted octanol–water partition coefficient (Wildman–Crippen LogP) is 1.59. The zero-order valence-corrected chi connectivity index (χ0v) is 7.91. The molecule has 2 heterocycles. The standard InChI is InChI=1S/C10H16N2/c1-6-4-12-10(6)9-5-11-8(3)7(9)2/h4-8,10-11H,1-3H3/t6?,7-,8+,10-/m0/s1. The van der Waals surface area contributed by atoms with Gasteiger partial charge in [-0.2, -0.15) is 0 Å². The molecule has 0 saturated heterocycles. The summed E-state index contributed by atoms with van der Waals surface area (Å²) in [4.78, 5) is 4.38. The molecule has 0 saturated carbocycles. The summed E-state index contributed by atoms with van der Waals surface area (Å²) in [6.07, 6.45) is 4.20. The van der Waals surface area contributed by atoms with E-state index in [1.807, 2.05) is 6.21 Å². The average Bonchev–Trinajstić information content (AvgIpc) is 2.34. The third-order valence-electron chi connectivity index (χ3n) is 3.11. The van der Waals surface area contributed by atoms with E-state index in [1.54, 1.807) is 0 Å². The van der Waals surface area contributed by atoms with Gasteiger partial charge in [-0.05, 0) is 18.7 Å². The zero-order chi connectivity index (χ0) is 8.72. The van der Waals surface area contributed by atoms with Gasteiger partial charge in [0.25, 0.3) is 0 Å². The van der Waals surface area contributed by atoms with Gasteiger partial charge in [0, 0.05) is 24.1 Å². The Bertz CT molecular complexity index is 242. The molecule has 0 aromatic carbocycles. The lowest BCUT2D eigenvalue weighted by atomic mass is 9.84. The monoisotopic (exact) mass is 164 g/mol. The van der Waals surface area contributed by atoms with Crippen molar-refractivity contribution >= 4 is 6.21 Å². The molecule has 2 aliphatic rings. The molecule has 66 valence electrons. The lowest BCUT2D eigenvalue weighted by Gasteiger charge is -2.28. The van der Waals surface area contributed by atoms with Gasteiger partial charge in [-0.25, -0.2) is 0 Å². The van der Waals surface area contributed by atoms with Crippen molar-refractivity contribution < 1.29 is 0 Å². The van der Waals surface area contributed by atoms with E-state index >= 15 is 0 Å². The van der Waals surface area contributed by atoms with E-state index in [0.717, 1.165) is 0 Å². The van der Waals surface area contributed by atoms with Crippen molar-refractivity contribution in [3.8, 4) is 0 Å². The maximum Gasteiger partial charge on any atom is 0.0800 e. The summed E-state index contributed by atoms with van der Waals surface area (Å²) in [5.41, 5.74) is 1.48. The van der Waals surface area contributed by atoms with Crippen LogP contribution in [0.3, 0.4) is 0 Å². The average molecular weight is 164 g/mol. The van der Waals surface area contributed by atoms with E-state index in [0.29, 0.717) is 23.9 Å². The minimum absolute atomic E-state index is 0.470. The SMILES string of the molecule is CC1C=N[C@@H]1C1=CN[C@H](C)[C@@H]1C. The van der Waals surface area contributed by atoms with E-state index in [4.69, 9.17) is 0 Å². The van der Waals surface area contributed by atoms with Crippen LogP contribution < -0.4 is 5.32 Å². The smallest absolute Gasteiger partial charge is 0.0800 e. The highest BCUT2D eigenvalue weighted by atomic mass is 15.0. The quantitative estimate of drug-likeness (QED) is 0.625. The number of hydrogen-bond donors (Lipinski definition) is 1. The summed E-state index contributed by atoms with van der Waals surface area (Å²) in [5, 5.41) is 3.35. The molecule has 0 amide bonds. The van der Waals surface area contributed by atoms with Gasteiger partial charge in [-0.1, -0.05) is 13.8 Å². The fraction of sp³-hybridized carbons (Fsp3) is 0.700. The summed E-state index contributed by atoms with van der Waals surface area (Å²) in [6.45, 7) is 6.73. The fourth-order valence-electron chi connectivity index (χ4n) is 1.88. The van der Waals surface area contributed by atoms with Crippen molar-refractivity contribution in [2.24, 2.45) is 16.8 Å². The van der Waals surface area contributed by atoms with Crippen molar-refractivity contribution in [3.63, 3.8) is 0 Å². The highest BCUT2D eigenvalue weighted by molar-refractivity contribution is 5.69. The van der Waals surface area contributed by atoms with Crippen molar-refractivity contribution in [2.75, 3.05) is 0 Å². The Kier molecular flexibility index (Phi) is 1.71. The minimum atomic E-state index is 0.470. The van der Waals surface area contributed by atoms with Crippen LogP contribution in [0.15, 0.2) is 16.8 Å². The summed E-state index contributed by atoms with van der Waals surface area (Å²) in [7, 11) is 0. The van der Waals surface area contributed by atoms with Crippen LogP contribution in [0.1, 0.15) is 20.8 Å². The van der Waals surface area contributed by atoms with Gasteiger partial charge in [0.1, 0.15) is 0 Å². The fourth-order valence-corrected chi connectivity index (χ4v) is 1.88. The highest BCUT2D eigenvalue weighted by Crippen LogP contribution is 2.31. The van der Waals surface area contributed by atoms with Gasteiger partial charge in [0.15, 0.2) is 0 Å². The molecule has 4 atom stereocenters. The molecule has 2 aliphatic heterocycles. The Labute approximate surface area is 73.8 Å². The van der Waals surface area contributed by atoms with Gasteiger partial charge < -0.3 is 5.32 Å². The highest BCUT2D eigenvalue weighted by Gasteiger charge is 2.33. The van der Waals surface area contributed by atoms with Crippen LogP contribution in [-0.2, 0) is 0 Å². The first-order valence-electron chi connectivity index (χ1n) is 4.69. The van der Waals surface area contributed by atoms with Crippen molar-refractivity contribution in [3.05, 3.63) is 11.8 Å². The maximum absolute atomic E-state index is 4.38. The second-order valence-electron chi connectivity index (χ2n) is 3.99. The van der Waals surface area contributed by atoms with E-state index < -0.39 is 0 Å². The van der Waals surface area contributed by atoms with Crippen molar-refractivity contribution in [2.45, 2.75) is 32.9 Å². The number of aliphatic imine (C=N–C) groups is 1. The molecule has 0 aromatic rings. The van der Waals surface area contributed by atoms with Crippen LogP contribution in [0.2, 0.25) is 0 Å². The zero-order valence-electron chi connectivity index (χ0n) is 7.91.